The molecule has 0 spiro atoms. The quantitative estimate of drug-likeness (QED) is 0.726. The van der Waals surface area contributed by atoms with Crippen molar-refractivity contribution < 1.29 is 31.5 Å². The number of likely N-dealkylation sites (tertiary alicyclic amines) is 1. The summed E-state index contributed by atoms with van der Waals surface area (Å²) in [6, 6.07) is 6.46. The molecule has 0 unspecified atom stereocenters. The normalized spacial score (nSPS) is 17.9. The summed E-state index contributed by atoms with van der Waals surface area (Å²) in [6.45, 7) is -1.20. The van der Waals surface area contributed by atoms with E-state index in [1.54, 1.807) is 16.8 Å². The number of carbonyl (C=O) groups excluding carboxylic acids is 2. The third kappa shape index (κ3) is 5.39. The zero-order valence-corrected chi connectivity index (χ0v) is 16.0. The SMILES string of the molecule is N#C[C@@H]1CC(F)(F)CN1C(=O)CNC(=O)c1ccn(Cc2ccc(C(F)(F)F)cc2)c1. The van der Waals surface area contributed by atoms with E-state index in [9.17, 15) is 31.5 Å². The van der Waals surface area contributed by atoms with Crippen molar-refractivity contribution in [2.24, 2.45) is 0 Å². The number of carbonyl (C=O) groups is 2. The zero-order chi connectivity index (χ0) is 22.8. The second kappa shape index (κ2) is 8.37. The van der Waals surface area contributed by atoms with Crippen LogP contribution in [0.2, 0.25) is 0 Å². The van der Waals surface area contributed by atoms with Crippen LogP contribution in [0.15, 0.2) is 42.7 Å². The predicted molar refractivity (Wildman–Crippen MR) is 98.0 cm³/mol. The molecule has 31 heavy (non-hydrogen) atoms. The molecule has 1 N–H and O–H groups in total. The molecule has 0 saturated carbocycles. The summed E-state index contributed by atoms with van der Waals surface area (Å²) in [6.07, 6.45) is -2.18. The maximum absolute atomic E-state index is 13.4. The lowest BCUT2D eigenvalue weighted by molar-refractivity contribution is -0.137. The van der Waals surface area contributed by atoms with Crippen molar-refractivity contribution >= 4 is 11.8 Å². The van der Waals surface area contributed by atoms with E-state index in [0.29, 0.717) is 5.56 Å². The molecule has 2 amide bonds. The third-order valence-electron chi connectivity index (χ3n) is 4.80. The van der Waals surface area contributed by atoms with Crippen molar-refractivity contribution in [1.29, 1.82) is 5.26 Å². The van der Waals surface area contributed by atoms with Crippen molar-refractivity contribution in [3.05, 3.63) is 59.4 Å². The number of nitriles is 1. The molecule has 1 aliphatic heterocycles. The Balaban J connectivity index is 1.56. The summed E-state index contributed by atoms with van der Waals surface area (Å²) < 4.78 is 66.3. The molecule has 0 bridgehead atoms. The van der Waals surface area contributed by atoms with E-state index in [0.717, 1.165) is 17.0 Å². The first-order valence-corrected chi connectivity index (χ1v) is 9.15. The highest BCUT2D eigenvalue weighted by Crippen LogP contribution is 2.31. The minimum absolute atomic E-state index is 0.184. The highest BCUT2D eigenvalue weighted by Gasteiger charge is 2.47. The lowest BCUT2D eigenvalue weighted by Gasteiger charge is -2.19. The highest BCUT2D eigenvalue weighted by atomic mass is 19.4. The fourth-order valence-electron chi connectivity index (χ4n) is 3.24. The van der Waals surface area contributed by atoms with Gasteiger partial charge in [0.2, 0.25) is 5.91 Å². The Morgan fingerprint density at radius 1 is 1.19 bits per heavy atom. The number of hydrogen-bond acceptors (Lipinski definition) is 3. The molecule has 2 heterocycles. The molecule has 6 nitrogen and oxygen atoms in total. The smallest absolute Gasteiger partial charge is 0.349 e. The van der Waals surface area contributed by atoms with Crippen LogP contribution in [0.1, 0.15) is 27.9 Å². The van der Waals surface area contributed by atoms with Crippen LogP contribution in [0.4, 0.5) is 22.0 Å². The lowest BCUT2D eigenvalue weighted by Crippen LogP contribution is -2.42. The van der Waals surface area contributed by atoms with E-state index >= 15 is 0 Å². The van der Waals surface area contributed by atoms with Crippen molar-refractivity contribution in [3.8, 4) is 6.07 Å². The first kappa shape index (κ1) is 22.3. The summed E-state index contributed by atoms with van der Waals surface area (Å²) in [7, 11) is 0. The van der Waals surface area contributed by atoms with Gasteiger partial charge in [-0.1, -0.05) is 12.1 Å². The summed E-state index contributed by atoms with van der Waals surface area (Å²) in [5.74, 6) is -4.56. The van der Waals surface area contributed by atoms with Gasteiger partial charge < -0.3 is 14.8 Å². The van der Waals surface area contributed by atoms with Crippen molar-refractivity contribution in [2.75, 3.05) is 13.1 Å². The zero-order valence-electron chi connectivity index (χ0n) is 16.0. The monoisotopic (exact) mass is 440 g/mol. The summed E-state index contributed by atoms with van der Waals surface area (Å²) in [4.78, 5) is 25.1. The van der Waals surface area contributed by atoms with Gasteiger partial charge in [-0.3, -0.25) is 9.59 Å². The largest absolute Gasteiger partial charge is 0.416 e. The topological polar surface area (TPSA) is 78.1 Å². The van der Waals surface area contributed by atoms with Crippen LogP contribution in [0.25, 0.3) is 0 Å². The first-order chi connectivity index (χ1) is 14.5. The molecule has 3 rings (SSSR count). The number of rotatable bonds is 5. The fraction of sp³-hybridized carbons (Fsp3) is 0.350. The van der Waals surface area contributed by atoms with E-state index in [2.05, 4.69) is 5.32 Å². The Morgan fingerprint density at radius 3 is 2.48 bits per heavy atom. The van der Waals surface area contributed by atoms with Gasteiger partial charge in [-0.2, -0.15) is 18.4 Å². The van der Waals surface area contributed by atoms with Gasteiger partial charge in [0.05, 0.1) is 30.3 Å². The number of benzene rings is 1. The maximum atomic E-state index is 13.4. The minimum Gasteiger partial charge on any atom is -0.349 e. The number of alkyl halides is 5. The summed E-state index contributed by atoms with van der Waals surface area (Å²) in [5.41, 5.74) is 0.00873. The average molecular weight is 440 g/mol. The molecular weight excluding hydrogens is 423 g/mol. The standard InChI is InChI=1S/C20H17F5N4O2/c21-19(22)7-16(8-26)29(12-19)17(30)9-27-18(31)14-5-6-28(11-14)10-13-1-3-15(4-2-13)20(23,24)25/h1-6,11,16H,7,9-10,12H2,(H,27,31)/t16-/m0/s1. The van der Waals surface area contributed by atoms with Crippen LogP contribution in [-0.2, 0) is 17.5 Å². The molecule has 0 aliphatic carbocycles. The number of halogens is 5. The first-order valence-electron chi connectivity index (χ1n) is 9.15. The van der Waals surface area contributed by atoms with E-state index in [4.69, 9.17) is 5.26 Å². The number of amides is 2. The second-order valence-corrected chi connectivity index (χ2v) is 7.18. The van der Waals surface area contributed by atoms with Gasteiger partial charge >= 0.3 is 6.18 Å². The van der Waals surface area contributed by atoms with Gasteiger partial charge in [-0.15, -0.1) is 0 Å². The van der Waals surface area contributed by atoms with Crippen molar-refractivity contribution in [1.82, 2.24) is 14.8 Å². The molecule has 11 heteroatoms. The molecule has 1 saturated heterocycles. The molecule has 0 radical (unpaired) electrons. The van der Waals surface area contributed by atoms with Gasteiger partial charge in [-0.25, -0.2) is 8.78 Å². The third-order valence-corrected chi connectivity index (χ3v) is 4.80. The number of hydrogen-bond donors (Lipinski definition) is 1. The van der Waals surface area contributed by atoms with Crippen LogP contribution in [0.5, 0.6) is 0 Å². The van der Waals surface area contributed by atoms with Crippen molar-refractivity contribution in [2.45, 2.75) is 31.1 Å². The van der Waals surface area contributed by atoms with Gasteiger partial charge in [0.25, 0.3) is 11.8 Å². The molecular formula is C20H17F5N4O2. The van der Waals surface area contributed by atoms with Gasteiger partial charge in [0, 0.05) is 25.4 Å². The fourth-order valence-corrected chi connectivity index (χ4v) is 3.24. The predicted octanol–water partition coefficient (Wildman–Crippen LogP) is 3.04. The Morgan fingerprint density at radius 2 is 1.87 bits per heavy atom. The maximum Gasteiger partial charge on any atom is 0.416 e. The molecule has 1 aromatic carbocycles. The Kier molecular flexibility index (Phi) is 6.01. The van der Waals surface area contributed by atoms with Crippen molar-refractivity contribution in [3.63, 3.8) is 0 Å². The molecule has 164 valence electrons. The summed E-state index contributed by atoms with van der Waals surface area (Å²) in [5, 5.41) is 11.3. The summed E-state index contributed by atoms with van der Waals surface area (Å²) >= 11 is 0. The number of nitrogens with zero attached hydrogens (tertiary/aromatic N) is 3. The molecule has 1 aromatic heterocycles. The Labute approximate surface area is 173 Å². The Bertz CT molecular complexity index is 1010. The van der Waals surface area contributed by atoms with Crippen LogP contribution in [-0.4, -0.2) is 46.3 Å². The molecule has 1 aliphatic rings. The van der Waals surface area contributed by atoms with Crippen LogP contribution >= 0.6 is 0 Å². The lowest BCUT2D eigenvalue weighted by atomic mass is 10.1. The van der Waals surface area contributed by atoms with E-state index in [1.807, 2.05) is 0 Å². The molecule has 1 fully saturated rings. The highest BCUT2D eigenvalue weighted by molar-refractivity contribution is 5.96. The van der Waals surface area contributed by atoms with Gasteiger partial charge in [-0.05, 0) is 23.8 Å². The van der Waals surface area contributed by atoms with E-state index < -0.39 is 55.0 Å². The average Bonchev–Trinajstić information content (AvgIpc) is 3.29. The van der Waals surface area contributed by atoms with Crippen LogP contribution < -0.4 is 5.32 Å². The molecule has 1 atom stereocenters. The number of nitrogens with one attached hydrogen (secondary N) is 1. The van der Waals surface area contributed by atoms with E-state index in [-0.39, 0.29) is 12.1 Å². The van der Waals surface area contributed by atoms with Gasteiger partial charge in [0.1, 0.15) is 6.04 Å². The van der Waals surface area contributed by atoms with Crippen LogP contribution in [0, 0.1) is 11.3 Å². The Hall–Kier alpha value is -3.42. The minimum atomic E-state index is -4.42. The van der Waals surface area contributed by atoms with Gasteiger partial charge in [0.15, 0.2) is 0 Å². The van der Waals surface area contributed by atoms with Crippen LogP contribution in [0.3, 0.4) is 0 Å². The molecule has 2 aromatic rings. The number of aromatic nitrogens is 1. The second-order valence-electron chi connectivity index (χ2n) is 7.18. The van der Waals surface area contributed by atoms with E-state index in [1.165, 1.54) is 24.4 Å².